The van der Waals surface area contributed by atoms with Gasteiger partial charge in [0, 0.05) is 0 Å². The van der Waals surface area contributed by atoms with Crippen molar-refractivity contribution in [3.8, 4) is 5.75 Å². The lowest BCUT2D eigenvalue weighted by molar-refractivity contribution is -0.275. The van der Waals surface area contributed by atoms with E-state index in [0.29, 0.717) is 18.8 Å². The summed E-state index contributed by atoms with van der Waals surface area (Å²) in [4.78, 5) is 0. The fraction of sp³-hybridized carbons (Fsp3) is 0.538. The summed E-state index contributed by atoms with van der Waals surface area (Å²) in [6.07, 6.45) is 6.93. The first-order valence-electron chi connectivity index (χ1n) is 11.5. The van der Waals surface area contributed by atoms with Crippen molar-refractivity contribution in [1.82, 2.24) is 0 Å². The zero-order valence-electron chi connectivity index (χ0n) is 18.2. The third-order valence-electron chi connectivity index (χ3n) is 6.24. The molecule has 5 heteroatoms. The highest BCUT2D eigenvalue weighted by Crippen LogP contribution is 2.34. The van der Waals surface area contributed by atoms with Crippen molar-refractivity contribution in [2.45, 2.75) is 83.9 Å². The molecule has 2 aromatic carbocycles. The van der Waals surface area contributed by atoms with E-state index >= 15 is 0 Å². The molecule has 0 N–H and O–H groups in total. The number of halogens is 4. The Hall–Kier alpha value is -2.04. The van der Waals surface area contributed by atoms with Crippen molar-refractivity contribution < 1.29 is 22.3 Å². The SMILES string of the molecule is CCCCCCCc1ccc(CCC2CCc3cc(OC(F)(F)F)c(F)cc3C2)cc1. The van der Waals surface area contributed by atoms with Crippen LogP contribution in [0.2, 0.25) is 0 Å². The Kier molecular flexibility index (Phi) is 8.39. The molecule has 0 saturated carbocycles. The highest BCUT2D eigenvalue weighted by molar-refractivity contribution is 5.39. The summed E-state index contributed by atoms with van der Waals surface area (Å²) in [5.74, 6) is -1.25. The van der Waals surface area contributed by atoms with Crippen molar-refractivity contribution in [3.63, 3.8) is 0 Å². The van der Waals surface area contributed by atoms with Gasteiger partial charge in [-0.1, -0.05) is 56.9 Å². The predicted molar refractivity (Wildman–Crippen MR) is 116 cm³/mol. The number of ether oxygens (including phenoxy) is 1. The van der Waals surface area contributed by atoms with Crippen LogP contribution in [-0.2, 0) is 25.7 Å². The Labute approximate surface area is 182 Å². The fourth-order valence-electron chi connectivity index (χ4n) is 4.46. The fourth-order valence-corrected chi connectivity index (χ4v) is 4.46. The molecule has 1 unspecified atom stereocenters. The van der Waals surface area contributed by atoms with Gasteiger partial charge in [0.05, 0.1) is 0 Å². The molecular weight excluding hydrogens is 404 g/mol. The van der Waals surface area contributed by atoms with E-state index in [0.717, 1.165) is 36.8 Å². The van der Waals surface area contributed by atoms with Crippen LogP contribution in [-0.4, -0.2) is 6.36 Å². The van der Waals surface area contributed by atoms with Gasteiger partial charge in [0.25, 0.3) is 0 Å². The Morgan fingerprint density at radius 1 is 0.903 bits per heavy atom. The maximum absolute atomic E-state index is 14.0. The van der Waals surface area contributed by atoms with Crippen LogP contribution >= 0.6 is 0 Å². The number of aryl methyl sites for hydroxylation is 3. The first kappa shape index (κ1) is 23.6. The second-order valence-corrected chi connectivity index (χ2v) is 8.73. The molecular formula is C26H32F4O. The maximum Gasteiger partial charge on any atom is 0.573 e. The average molecular weight is 437 g/mol. The third-order valence-corrected chi connectivity index (χ3v) is 6.24. The monoisotopic (exact) mass is 436 g/mol. The van der Waals surface area contributed by atoms with Crippen molar-refractivity contribution >= 4 is 0 Å². The molecule has 0 saturated heterocycles. The molecule has 1 aliphatic rings. The molecule has 0 bridgehead atoms. The average Bonchev–Trinajstić information content (AvgIpc) is 2.72. The first-order chi connectivity index (χ1) is 14.8. The van der Waals surface area contributed by atoms with Crippen LogP contribution < -0.4 is 4.74 Å². The van der Waals surface area contributed by atoms with E-state index < -0.39 is 17.9 Å². The molecule has 170 valence electrons. The van der Waals surface area contributed by atoms with E-state index in [9.17, 15) is 17.6 Å². The Morgan fingerprint density at radius 2 is 1.58 bits per heavy atom. The van der Waals surface area contributed by atoms with Crippen LogP contribution in [0, 0.1) is 11.7 Å². The summed E-state index contributed by atoms with van der Waals surface area (Å²) in [5, 5.41) is 0. The molecule has 1 nitrogen and oxygen atoms in total. The minimum Gasteiger partial charge on any atom is -0.403 e. The lowest BCUT2D eigenvalue weighted by atomic mass is 9.81. The van der Waals surface area contributed by atoms with E-state index in [-0.39, 0.29) is 0 Å². The van der Waals surface area contributed by atoms with Crippen LogP contribution in [0.4, 0.5) is 17.6 Å². The number of rotatable bonds is 10. The van der Waals surface area contributed by atoms with Crippen molar-refractivity contribution in [2.24, 2.45) is 5.92 Å². The van der Waals surface area contributed by atoms with Gasteiger partial charge in [-0.2, -0.15) is 0 Å². The van der Waals surface area contributed by atoms with Gasteiger partial charge in [-0.15, -0.1) is 13.2 Å². The van der Waals surface area contributed by atoms with Crippen LogP contribution in [0.3, 0.4) is 0 Å². The Balaban J connectivity index is 1.48. The number of benzene rings is 2. The zero-order chi connectivity index (χ0) is 22.3. The van der Waals surface area contributed by atoms with E-state index in [1.165, 1.54) is 55.4 Å². The van der Waals surface area contributed by atoms with Gasteiger partial charge < -0.3 is 4.74 Å². The van der Waals surface area contributed by atoms with E-state index in [1.807, 2.05) is 0 Å². The van der Waals surface area contributed by atoms with Gasteiger partial charge in [-0.05, 0) is 85.3 Å². The Bertz CT molecular complexity index is 827. The number of hydrogen-bond acceptors (Lipinski definition) is 1. The lowest BCUT2D eigenvalue weighted by Gasteiger charge is -2.25. The van der Waals surface area contributed by atoms with Gasteiger partial charge in [0.1, 0.15) is 0 Å². The van der Waals surface area contributed by atoms with E-state index in [2.05, 4.69) is 35.9 Å². The van der Waals surface area contributed by atoms with E-state index in [4.69, 9.17) is 0 Å². The topological polar surface area (TPSA) is 9.23 Å². The molecule has 0 fully saturated rings. The molecule has 0 radical (unpaired) electrons. The van der Waals surface area contributed by atoms with Gasteiger partial charge in [0.15, 0.2) is 11.6 Å². The lowest BCUT2D eigenvalue weighted by Crippen LogP contribution is -2.20. The van der Waals surface area contributed by atoms with Crippen LogP contribution in [0.5, 0.6) is 5.75 Å². The number of unbranched alkanes of at least 4 members (excludes halogenated alkanes) is 4. The first-order valence-corrected chi connectivity index (χ1v) is 11.5. The summed E-state index contributed by atoms with van der Waals surface area (Å²) in [6.45, 7) is 2.23. The second-order valence-electron chi connectivity index (χ2n) is 8.73. The van der Waals surface area contributed by atoms with Gasteiger partial charge >= 0.3 is 6.36 Å². The molecule has 31 heavy (non-hydrogen) atoms. The molecule has 3 rings (SSSR count). The van der Waals surface area contributed by atoms with Gasteiger partial charge in [-0.25, -0.2) is 4.39 Å². The molecule has 0 amide bonds. The molecule has 2 aromatic rings. The third kappa shape index (κ3) is 7.55. The molecule has 0 aromatic heterocycles. The quantitative estimate of drug-likeness (QED) is 0.271. The summed E-state index contributed by atoms with van der Waals surface area (Å²) < 4.78 is 55.1. The number of fused-ring (bicyclic) bond motifs is 1. The van der Waals surface area contributed by atoms with Crippen LogP contribution in [0.15, 0.2) is 36.4 Å². The minimum atomic E-state index is -4.88. The number of hydrogen-bond donors (Lipinski definition) is 0. The van der Waals surface area contributed by atoms with Crippen molar-refractivity contribution in [2.75, 3.05) is 0 Å². The Morgan fingerprint density at radius 3 is 2.26 bits per heavy atom. The molecule has 0 heterocycles. The normalized spacial score (nSPS) is 16.2. The molecule has 1 atom stereocenters. The van der Waals surface area contributed by atoms with Crippen LogP contribution in [0.1, 0.15) is 74.1 Å². The van der Waals surface area contributed by atoms with Crippen molar-refractivity contribution in [3.05, 3.63) is 64.5 Å². The standard InChI is InChI=1S/C26H32F4O/c1-2-3-4-5-6-7-19-8-10-20(11-9-19)12-13-21-14-15-22-18-25(31-26(28,29)30)24(27)17-23(22)16-21/h8-11,17-18,21H,2-7,12-16H2,1H3. The van der Waals surface area contributed by atoms with Crippen LogP contribution in [0.25, 0.3) is 0 Å². The summed E-state index contributed by atoms with van der Waals surface area (Å²) in [7, 11) is 0. The second kappa shape index (κ2) is 11.0. The van der Waals surface area contributed by atoms with E-state index in [1.54, 1.807) is 0 Å². The van der Waals surface area contributed by atoms with Gasteiger partial charge in [-0.3, -0.25) is 0 Å². The molecule has 1 aliphatic carbocycles. The summed E-state index contributed by atoms with van der Waals surface area (Å²) in [5.41, 5.74) is 4.27. The summed E-state index contributed by atoms with van der Waals surface area (Å²) >= 11 is 0. The molecule has 0 aliphatic heterocycles. The summed E-state index contributed by atoms with van der Waals surface area (Å²) in [6, 6.07) is 11.3. The predicted octanol–water partition coefficient (Wildman–Crippen LogP) is 7.97. The number of alkyl halides is 3. The largest absolute Gasteiger partial charge is 0.573 e. The highest BCUT2D eigenvalue weighted by atomic mass is 19.4. The zero-order valence-corrected chi connectivity index (χ0v) is 18.2. The smallest absolute Gasteiger partial charge is 0.403 e. The minimum absolute atomic E-state index is 0.416. The maximum atomic E-state index is 14.0. The molecule has 0 spiro atoms. The highest BCUT2D eigenvalue weighted by Gasteiger charge is 2.33. The van der Waals surface area contributed by atoms with Crippen molar-refractivity contribution in [1.29, 1.82) is 0 Å². The van der Waals surface area contributed by atoms with Gasteiger partial charge in [0.2, 0.25) is 0 Å².